The molecule has 0 amide bonds. The highest BCUT2D eigenvalue weighted by Gasteiger charge is 2.21. The summed E-state index contributed by atoms with van der Waals surface area (Å²) in [5.41, 5.74) is -0.802. The van der Waals surface area contributed by atoms with Crippen molar-refractivity contribution in [3.05, 3.63) is 23.4 Å². The van der Waals surface area contributed by atoms with Gasteiger partial charge < -0.3 is 20.6 Å². The van der Waals surface area contributed by atoms with Gasteiger partial charge in [0.1, 0.15) is 11.4 Å². The summed E-state index contributed by atoms with van der Waals surface area (Å²) in [4.78, 5) is 15.5. The molecule has 1 rings (SSSR count). The van der Waals surface area contributed by atoms with Crippen molar-refractivity contribution in [2.24, 2.45) is 0 Å². The highest BCUT2D eigenvalue weighted by atomic mass is 16.4. The van der Waals surface area contributed by atoms with Crippen LogP contribution in [-0.4, -0.2) is 45.0 Å². The fourth-order valence-electron chi connectivity index (χ4n) is 1.47. The summed E-state index contributed by atoms with van der Waals surface area (Å²) in [6.45, 7) is 6.97. The Bertz CT molecular complexity index is 492. The lowest BCUT2D eigenvalue weighted by Gasteiger charge is -2.23. The van der Waals surface area contributed by atoms with Gasteiger partial charge in [0, 0.05) is 17.7 Å². The molecule has 0 bridgehead atoms. The number of aromatic carboxylic acids is 1. The zero-order chi connectivity index (χ0) is 15.6. The van der Waals surface area contributed by atoms with E-state index in [2.05, 4.69) is 10.3 Å². The molecule has 112 valence electrons. The van der Waals surface area contributed by atoms with Gasteiger partial charge in [-0.25, -0.2) is 9.78 Å². The Morgan fingerprint density at radius 1 is 1.30 bits per heavy atom. The molecule has 0 aliphatic carbocycles. The van der Waals surface area contributed by atoms with Crippen molar-refractivity contribution in [3.8, 4) is 0 Å². The Hall–Kier alpha value is -1.66. The number of pyridine rings is 1. The summed E-state index contributed by atoms with van der Waals surface area (Å²) in [6.07, 6.45) is 0. The van der Waals surface area contributed by atoms with Crippen LogP contribution in [0.4, 0.5) is 5.82 Å². The molecule has 20 heavy (non-hydrogen) atoms. The summed E-state index contributed by atoms with van der Waals surface area (Å²) in [5.74, 6) is -0.668. The lowest BCUT2D eigenvalue weighted by atomic mass is 9.90. The topological polar surface area (TPSA) is 103 Å². The molecule has 1 aromatic heterocycles. The van der Waals surface area contributed by atoms with Crippen molar-refractivity contribution in [3.63, 3.8) is 0 Å². The van der Waals surface area contributed by atoms with Gasteiger partial charge in [-0.15, -0.1) is 0 Å². The number of nitrogens with one attached hydrogen (secondary N) is 1. The highest BCUT2D eigenvalue weighted by Crippen LogP contribution is 2.23. The molecule has 0 fully saturated rings. The summed E-state index contributed by atoms with van der Waals surface area (Å²) in [5, 5.41) is 30.7. The SMILES string of the molecule is CC(O)(CO)CNc1cc(C(=O)O)cc(C(C)(C)C)n1. The van der Waals surface area contributed by atoms with Gasteiger partial charge in [0.25, 0.3) is 0 Å². The van der Waals surface area contributed by atoms with Crippen molar-refractivity contribution in [2.75, 3.05) is 18.5 Å². The van der Waals surface area contributed by atoms with Crippen LogP contribution in [0.25, 0.3) is 0 Å². The third-order valence-corrected chi connectivity index (χ3v) is 2.83. The van der Waals surface area contributed by atoms with E-state index in [1.54, 1.807) is 0 Å². The summed E-state index contributed by atoms with van der Waals surface area (Å²) < 4.78 is 0. The van der Waals surface area contributed by atoms with E-state index in [0.29, 0.717) is 11.5 Å². The molecule has 6 nitrogen and oxygen atoms in total. The summed E-state index contributed by atoms with van der Waals surface area (Å²) in [6, 6.07) is 2.95. The van der Waals surface area contributed by atoms with Gasteiger partial charge in [-0.1, -0.05) is 20.8 Å². The predicted molar refractivity (Wildman–Crippen MR) is 76.1 cm³/mol. The average molecular weight is 282 g/mol. The third-order valence-electron chi connectivity index (χ3n) is 2.83. The van der Waals surface area contributed by atoms with E-state index in [1.165, 1.54) is 19.1 Å². The largest absolute Gasteiger partial charge is 0.478 e. The van der Waals surface area contributed by atoms with E-state index in [4.69, 9.17) is 10.2 Å². The second-order valence-corrected chi connectivity index (χ2v) is 6.19. The molecule has 1 atom stereocenters. The maximum absolute atomic E-state index is 11.1. The fraction of sp³-hybridized carbons (Fsp3) is 0.571. The van der Waals surface area contributed by atoms with Crippen molar-refractivity contribution in [1.29, 1.82) is 0 Å². The molecule has 0 spiro atoms. The number of hydrogen-bond acceptors (Lipinski definition) is 5. The summed E-state index contributed by atoms with van der Waals surface area (Å²) in [7, 11) is 0. The minimum Gasteiger partial charge on any atom is -0.478 e. The van der Waals surface area contributed by atoms with Gasteiger partial charge in [0.15, 0.2) is 0 Å². The molecule has 6 heteroatoms. The molecular weight excluding hydrogens is 260 g/mol. The quantitative estimate of drug-likeness (QED) is 0.648. The first-order chi connectivity index (χ1) is 9.05. The van der Waals surface area contributed by atoms with E-state index in [1.807, 2.05) is 20.8 Å². The molecule has 4 N–H and O–H groups in total. The van der Waals surface area contributed by atoms with E-state index in [-0.39, 0.29) is 17.5 Å². The molecule has 1 aromatic rings. The van der Waals surface area contributed by atoms with Gasteiger partial charge in [-0.2, -0.15) is 0 Å². The zero-order valence-corrected chi connectivity index (χ0v) is 12.3. The van der Waals surface area contributed by atoms with Gasteiger partial charge in [0.05, 0.1) is 12.2 Å². The molecule has 0 radical (unpaired) electrons. The maximum atomic E-state index is 11.1. The number of aliphatic hydroxyl groups excluding tert-OH is 1. The van der Waals surface area contributed by atoms with Crippen LogP contribution < -0.4 is 5.32 Å². The molecule has 0 aliphatic rings. The van der Waals surface area contributed by atoms with E-state index < -0.39 is 18.2 Å². The molecule has 1 heterocycles. The lowest BCUT2D eigenvalue weighted by Crippen LogP contribution is -2.37. The second-order valence-electron chi connectivity index (χ2n) is 6.19. The number of carbonyl (C=O) groups is 1. The van der Waals surface area contributed by atoms with E-state index in [9.17, 15) is 9.90 Å². The normalized spacial score (nSPS) is 14.7. The molecule has 0 aromatic carbocycles. The highest BCUT2D eigenvalue weighted by molar-refractivity contribution is 5.88. The van der Waals surface area contributed by atoms with Crippen LogP contribution in [0.15, 0.2) is 12.1 Å². The Balaban J connectivity index is 3.07. The molecule has 0 aliphatic heterocycles. The van der Waals surface area contributed by atoms with Crippen LogP contribution in [0, 0.1) is 0 Å². The standard InChI is InChI=1S/C14H22N2O4/c1-13(2,3)10-5-9(12(18)19)6-11(16-10)15-7-14(4,20)8-17/h5-6,17,20H,7-8H2,1-4H3,(H,15,16)(H,18,19). The van der Waals surface area contributed by atoms with Gasteiger partial charge in [-0.05, 0) is 19.1 Å². The van der Waals surface area contributed by atoms with Crippen LogP contribution in [0.5, 0.6) is 0 Å². The first kappa shape index (κ1) is 16.4. The fourth-order valence-corrected chi connectivity index (χ4v) is 1.47. The van der Waals surface area contributed by atoms with Crippen molar-refractivity contribution in [2.45, 2.75) is 38.7 Å². The van der Waals surface area contributed by atoms with Gasteiger partial charge in [-0.3, -0.25) is 0 Å². The number of anilines is 1. The van der Waals surface area contributed by atoms with E-state index >= 15 is 0 Å². The molecule has 0 saturated carbocycles. The first-order valence-electron chi connectivity index (χ1n) is 6.38. The van der Waals surface area contributed by atoms with Crippen LogP contribution >= 0.6 is 0 Å². The van der Waals surface area contributed by atoms with E-state index in [0.717, 1.165) is 0 Å². The number of hydrogen-bond donors (Lipinski definition) is 4. The average Bonchev–Trinajstić information content (AvgIpc) is 2.35. The summed E-state index contributed by atoms with van der Waals surface area (Å²) >= 11 is 0. The molecule has 1 unspecified atom stereocenters. The maximum Gasteiger partial charge on any atom is 0.335 e. The Morgan fingerprint density at radius 2 is 1.90 bits per heavy atom. The van der Waals surface area contributed by atoms with Crippen molar-refractivity contribution >= 4 is 11.8 Å². The lowest BCUT2D eigenvalue weighted by molar-refractivity contribution is 0.0131. The van der Waals surface area contributed by atoms with Crippen molar-refractivity contribution in [1.82, 2.24) is 4.98 Å². The number of rotatable bonds is 5. The minimum atomic E-state index is -1.29. The number of carboxylic acid groups (broad SMARTS) is 1. The minimum absolute atomic E-state index is 0.0726. The predicted octanol–water partition coefficient (Wildman–Crippen LogP) is 1.23. The van der Waals surface area contributed by atoms with Gasteiger partial charge in [0.2, 0.25) is 0 Å². The van der Waals surface area contributed by atoms with Crippen LogP contribution in [0.2, 0.25) is 0 Å². The monoisotopic (exact) mass is 282 g/mol. The second kappa shape index (κ2) is 5.76. The first-order valence-corrected chi connectivity index (χ1v) is 6.38. The number of nitrogens with zero attached hydrogens (tertiary/aromatic N) is 1. The Morgan fingerprint density at radius 3 is 2.35 bits per heavy atom. The van der Waals surface area contributed by atoms with Gasteiger partial charge >= 0.3 is 5.97 Å². The van der Waals surface area contributed by atoms with Crippen LogP contribution in [0.3, 0.4) is 0 Å². The van der Waals surface area contributed by atoms with Crippen molar-refractivity contribution < 1.29 is 20.1 Å². The van der Waals surface area contributed by atoms with Crippen LogP contribution in [0.1, 0.15) is 43.7 Å². The zero-order valence-electron chi connectivity index (χ0n) is 12.3. The third kappa shape index (κ3) is 4.47. The van der Waals surface area contributed by atoms with Crippen LogP contribution in [-0.2, 0) is 5.41 Å². The number of carboxylic acids is 1. The molecule has 0 saturated heterocycles. The number of aromatic nitrogens is 1. The number of aliphatic hydroxyl groups is 2. The Labute approximate surface area is 118 Å². The Kier molecular flexibility index (Phi) is 4.73. The smallest absolute Gasteiger partial charge is 0.335 e. The molecular formula is C14H22N2O4.